The molecule has 4 nitrogen and oxygen atoms in total. The van der Waals surface area contributed by atoms with Crippen molar-refractivity contribution in [2.24, 2.45) is 0 Å². The first-order valence-electron chi connectivity index (χ1n) is 7.17. The summed E-state index contributed by atoms with van der Waals surface area (Å²) in [6, 6.07) is 6.99. The van der Waals surface area contributed by atoms with Crippen LogP contribution < -0.4 is 5.32 Å². The zero-order chi connectivity index (χ0) is 18.6. The van der Waals surface area contributed by atoms with Gasteiger partial charge >= 0.3 is 5.97 Å². The maximum absolute atomic E-state index is 13.6. The Morgan fingerprint density at radius 1 is 1.08 bits per heavy atom. The first-order valence-corrected chi connectivity index (χ1v) is 7.54. The monoisotopic (exact) mass is 371 g/mol. The van der Waals surface area contributed by atoms with Crippen molar-refractivity contribution >= 4 is 29.2 Å². The van der Waals surface area contributed by atoms with E-state index in [1.165, 1.54) is 19.1 Å². The van der Waals surface area contributed by atoms with E-state index in [0.717, 1.165) is 24.3 Å². The first kappa shape index (κ1) is 18.8. The molecule has 25 heavy (non-hydrogen) atoms. The molecule has 1 atom stereocenters. The fraction of sp³-hybridized carbons (Fsp3) is 0.176. The summed E-state index contributed by atoms with van der Waals surface area (Å²) in [5.74, 6) is -4.47. The van der Waals surface area contributed by atoms with Gasteiger partial charge in [0.2, 0.25) is 0 Å². The van der Waals surface area contributed by atoms with Crippen LogP contribution in [0.2, 0.25) is 5.02 Å². The summed E-state index contributed by atoms with van der Waals surface area (Å²) in [6.45, 7) is 1.22. The van der Waals surface area contributed by atoms with Crippen LogP contribution in [-0.4, -0.2) is 18.0 Å². The number of amides is 1. The summed E-state index contributed by atoms with van der Waals surface area (Å²) >= 11 is 5.80. The summed E-state index contributed by atoms with van der Waals surface area (Å²) < 4.78 is 45.5. The van der Waals surface area contributed by atoms with Crippen LogP contribution in [0.1, 0.15) is 12.5 Å². The highest BCUT2D eigenvalue weighted by atomic mass is 35.5. The average Bonchev–Trinajstić information content (AvgIpc) is 2.54. The molecule has 0 saturated carbocycles. The standard InChI is InChI=1S/C17H13ClF3NO3/c1-9(17(24)22-16-13(20)6-3-7-14(16)21)25-15(23)8-10-11(18)4-2-5-12(10)19/h2-7,9H,8H2,1H3,(H,22,24). The van der Waals surface area contributed by atoms with Crippen molar-refractivity contribution < 1.29 is 27.5 Å². The number of anilines is 1. The van der Waals surface area contributed by atoms with Gasteiger partial charge in [-0.3, -0.25) is 9.59 Å². The molecule has 0 aliphatic rings. The third-order valence-corrected chi connectivity index (χ3v) is 3.63. The molecule has 0 heterocycles. The highest BCUT2D eigenvalue weighted by Crippen LogP contribution is 2.21. The molecule has 1 amide bonds. The topological polar surface area (TPSA) is 55.4 Å². The number of benzene rings is 2. The SMILES string of the molecule is CC(OC(=O)Cc1c(F)cccc1Cl)C(=O)Nc1c(F)cccc1F. The fourth-order valence-electron chi connectivity index (χ4n) is 1.98. The van der Waals surface area contributed by atoms with Gasteiger partial charge in [0.05, 0.1) is 6.42 Å². The number of ether oxygens (including phenoxy) is 1. The molecule has 0 saturated heterocycles. The minimum absolute atomic E-state index is 0.0440. The Balaban J connectivity index is 2.00. The van der Waals surface area contributed by atoms with E-state index in [4.69, 9.17) is 16.3 Å². The molecule has 2 aromatic rings. The van der Waals surface area contributed by atoms with E-state index in [1.54, 1.807) is 0 Å². The van der Waals surface area contributed by atoms with Gasteiger partial charge in [0.1, 0.15) is 23.1 Å². The van der Waals surface area contributed by atoms with Gasteiger partial charge in [0.25, 0.3) is 5.91 Å². The predicted octanol–water partition coefficient (Wildman–Crippen LogP) is 3.87. The lowest BCUT2D eigenvalue weighted by molar-refractivity contribution is -0.152. The van der Waals surface area contributed by atoms with E-state index in [9.17, 15) is 22.8 Å². The summed E-state index contributed by atoms with van der Waals surface area (Å²) in [5.41, 5.74) is -0.713. The number of nitrogens with one attached hydrogen (secondary N) is 1. The van der Waals surface area contributed by atoms with Crippen molar-refractivity contribution in [3.05, 3.63) is 64.4 Å². The Bertz CT molecular complexity index is 773. The van der Waals surface area contributed by atoms with Crippen molar-refractivity contribution in [1.29, 1.82) is 0 Å². The average molecular weight is 372 g/mol. The van der Waals surface area contributed by atoms with Gasteiger partial charge in [0, 0.05) is 10.6 Å². The van der Waals surface area contributed by atoms with Crippen LogP contribution in [-0.2, 0) is 20.7 Å². The van der Waals surface area contributed by atoms with Crippen molar-refractivity contribution in [2.45, 2.75) is 19.4 Å². The molecule has 1 unspecified atom stereocenters. The van der Waals surface area contributed by atoms with E-state index in [0.29, 0.717) is 0 Å². The lowest BCUT2D eigenvalue weighted by Crippen LogP contribution is -2.31. The van der Waals surface area contributed by atoms with Gasteiger partial charge < -0.3 is 10.1 Å². The Kier molecular flexibility index (Phi) is 6.03. The number of hydrogen-bond donors (Lipinski definition) is 1. The van der Waals surface area contributed by atoms with Crippen LogP contribution in [0.25, 0.3) is 0 Å². The third kappa shape index (κ3) is 4.73. The summed E-state index contributed by atoms with van der Waals surface area (Å²) in [4.78, 5) is 23.8. The maximum atomic E-state index is 13.6. The summed E-state index contributed by atoms with van der Waals surface area (Å²) in [7, 11) is 0. The number of esters is 1. The molecule has 0 radical (unpaired) electrons. The zero-order valence-corrected chi connectivity index (χ0v) is 13.7. The molecule has 0 spiro atoms. The molecule has 1 N–H and O–H groups in total. The molecule has 8 heteroatoms. The molecule has 0 aromatic heterocycles. The molecule has 2 rings (SSSR count). The third-order valence-electron chi connectivity index (χ3n) is 3.27. The highest BCUT2D eigenvalue weighted by Gasteiger charge is 2.22. The lowest BCUT2D eigenvalue weighted by atomic mass is 10.1. The number of halogens is 4. The maximum Gasteiger partial charge on any atom is 0.311 e. The van der Waals surface area contributed by atoms with Gasteiger partial charge in [-0.15, -0.1) is 0 Å². The van der Waals surface area contributed by atoms with E-state index < -0.39 is 47.5 Å². The van der Waals surface area contributed by atoms with Gasteiger partial charge in [-0.2, -0.15) is 0 Å². The minimum atomic E-state index is -1.35. The fourth-order valence-corrected chi connectivity index (χ4v) is 2.21. The van der Waals surface area contributed by atoms with E-state index in [1.807, 2.05) is 5.32 Å². The Labute approximate surface area is 146 Å². The zero-order valence-electron chi connectivity index (χ0n) is 13.0. The van der Waals surface area contributed by atoms with Crippen molar-refractivity contribution in [2.75, 3.05) is 5.32 Å². The molecule has 0 aliphatic heterocycles. The second kappa shape index (κ2) is 8.02. The van der Waals surface area contributed by atoms with Crippen molar-refractivity contribution in [3.8, 4) is 0 Å². The van der Waals surface area contributed by atoms with Crippen LogP contribution in [0.5, 0.6) is 0 Å². The number of carbonyl (C=O) groups excluding carboxylic acids is 2. The first-order chi connectivity index (χ1) is 11.8. The van der Waals surface area contributed by atoms with Crippen LogP contribution in [0.4, 0.5) is 18.9 Å². The van der Waals surface area contributed by atoms with Crippen LogP contribution in [0.3, 0.4) is 0 Å². The van der Waals surface area contributed by atoms with Crippen LogP contribution in [0, 0.1) is 17.5 Å². The lowest BCUT2D eigenvalue weighted by Gasteiger charge is -2.14. The van der Waals surface area contributed by atoms with Crippen molar-refractivity contribution in [3.63, 3.8) is 0 Å². The quantitative estimate of drug-likeness (QED) is 0.812. The summed E-state index contributed by atoms with van der Waals surface area (Å²) in [5, 5.41) is 2.05. The number of carbonyl (C=O) groups is 2. The second-order valence-electron chi connectivity index (χ2n) is 5.09. The van der Waals surface area contributed by atoms with Crippen molar-refractivity contribution in [1.82, 2.24) is 0 Å². The smallest absolute Gasteiger partial charge is 0.311 e. The molecule has 132 valence electrons. The predicted molar refractivity (Wildman–Crippen MR) is 85.7 cm³/mol. The molecule has 0 bridgehead atoms. The Morgan fingerprint density at radius 3 is 2.24 bits per heavy atom. The van der Waals surface area contributed by atoms with E-state index in [2.05, 4.69) is 0 Å². The highest BCUT2D eigenvalue weighted by molar-refractivity contribution is 6.31. The van der Waals surface area contributed by atoms with Crippen LogP contribution >= 0.6 is 11.6 Å². The van der Waals surface area contributed by atoms with E-state index in [-0.39, 0.29) is 10.6 Å². The van der Waals surface area contributed by atoms with Gasteiger partial charge in [-0.05, 0) is 31.2 Å². The largest absolute Gasteiger partial charge is 0.452 e. The van der Waals surface area contributed by atoms with Gasteiger partial charge in [-0.1, -0.05) is 23.7 Å². The van der Waals surface area contributed by atoms with Gasteiger partial charge in [-0.25, -0.2) is 13.2 Å². The molecular weight excluding hydrogens is 359 g/mol. The minimum Gasteiger partial charge on any atom is -0.452 e. The Morgan fingerprint density at radius 2 is 1.64 bits per heavy atom. The summed E-state index contributed by atoms with van der Waals surface area (Å²) in [6.07, 6.45) is -1.84. The Hall–Kier alpha value is -2.54. The molecule has 2 aromatic carbocycles. The second-order valence-corrected chi connectivity index (χ2v) is 5.50. The van der Waals surface area contributed by atoms with Gasteiger partial charge in [0.15, 0.2) is 6.10 Å². The molecule has 0 aliphatic carbocycles. The van der Waals surface area contributed by atoms with Crippen LogP contribution in [0.15, 0.2) is 36.4 Å². The number of hydrogen-bond acceptors (Lipinski definition) is 3. The van der Waals surface area contributed by atoms with E-state index >= 15 is 0 Å². The molecule has 0 fully saturated rings. The molecular formula is C17H13ClF3NO3. The number of rotatable bonds is 5. The normalized spacial score (nSPS) is 11.7. The number of para-hydroxylation sites is 1.